The van der Waals surface area contributed by atoms with E-state index in [-0.39, 0.29) is 11.5 Å². The number of rotatable bonds is 15. The van der Waals surface area contributed by atoms with E-state index in [2.05, 4.69) is 0 Å². The maximum atomic E-state index is 11.7. The topological polar surface area (TPSA) is 640 Å². The van der Waals surface area contributed by atoms with E-state index in [1.807, 2.05) is 0 Å². The summed E-state index contributed by atoms with van der Waals surface area (Å²) in [5.41, 5.74) is 11.4. The van der Waals surface area contributed by atoms with Crippen LogP contribution in [-0.2, 0) is 75.9 Å². The fourth-order valence-corrected chi connectivity index (χ4v) is 13.2. The van der Waals surface area contributed by atoms with E-state index in [0.29, 0.717) is 0 Å². The summed E-state index contributed by atoms with van der Waals surface area (Å²) in [6.07, 6.45) is -71.4. The summed E-state index contributed by atoms with van der Waals surface area (Å²) >= 11 is 1.60. The van der Waals surface area contributed by atoms with E-state index < -0.39 is 284 Å². The SMILES string of the molecule is N[C@H](CSCC1O[C@@H]2O[C@@H]3C(CO)OC(O[C@@H]4C(CO)O[C@H](O[C@@H]5C(CO)O[C@H](O[C@@H]6C(CSC[C@@H](N)C(=O)O)O[C@@H](O[C@@H]7C(CO)O[C@@H](O[C@@H]8C(CO)OC(O[C@H]1[C@H](O)C2O)[C@@H](O)[C@H]8O)C(O)[C@H]7O)C(O)[C@H]6O)C(O)[C@H]5O)C(O)[C@H]4O)[C@@H](O)[C@H]3O)C(=O)O. The molecular weight excluding hydrogens is 1260 g/mol. The van der Waals surface area contributed by atoms with Gasteiger partial charge < -0.3 is 185 Å². The van der Waals surface area contributed by atoms with Crippen molar-refractivity contribution in [3.8, 4) is 0 Å². The van der Waals surface area contributed by atoms with Crippen LogP contribution in [0, 0.1) is 0 Å². The molecule has 37 atom stereocenters. The summed E-state index contributed by atoms with van der Waals surface area (Å²) in [5.74, 6) is -4.26. The Bertz CT molecular complexity index is 2200. The lowest BCUT2D eigenvalue weighted by molar-refractivity contribution is -0.395. The Morgan fingerprint density at radius 3 is 0.596 bits per heavy atom. The third-order valence-electron chi connectivity index (χ3n) is 16.2. The van der Waals surface area contributed by atoms with Crippen LogP contribution in [0.25, 0.3) is 0 Å². The van der Waals surface area contributed by atoms with Crippen molar-refractivity contribution in [3.63, 3.8) is 0 Å². The fraction of sp³-hybridized carbons (Fsp3) is 0.958. The van der Waals surface area contributed by atoms with E-state index in [4.69, 9.17) is 77.8 Å². The van der Waals surface area contributed by atoms with Gasteiger partial charge in [0.25, 0.3) is 0 Å². The lowest BCUT2D eigenvalue weighted by Gasteiger charge is -2.50. The number of aliphatic hydroxyl groups is 19. The van der Waals surface area contributed by atoms with E-state index in [9.17, 15) is 117 Å². The first-order valence-corrected chi connectivity index (χ1v) is 30.4. The van der Waals surface area contributed by atoms with Crippen LogP contribution in [0.4, 0.5) is 0 Å². The molecule has 21 fully saturated rings. The highest BCUT2D eigenvalue weighted by molar-refractivity contribution is 7.99. The smallest absolute Gasteiger partial charge is 0.321 e. The molecule has 21 aliphatic rings. The molecule has 21 aliphatic heterocycles. The van der Waals surface area contributed by atoms with Gasteiger partial charge in [-0.05, 0) is 0 Å². The number of hydrogen-bond donors (Lipinski definition) is 23. The molecule has 21 saturated heterocycles. The number of carboxylic acid groups (broad SMARTS) is 2. The summed E-state index contributed by atoms with van der Waals surface area (Å²) in [6, 6.07) is -2.94. The van der Waals surface area contributed by atoms with Gasteiger partial charge in [0.1, 0.15) is 171 Å². The Labute approximate surface area is 511 Å². The van der Waals surface area contributed by atoms with E-state index in [1.165, 1.54) is 0 Å². The van der Waals surface area contributed by atoms with Crippen LogP contribution in [0.15, 0.2) is 0 Å². The first-order valence-electron chi connectivity index (χ1n) is 28.1. The minimum absolute atomic E-state index is 0.319. The molecule has 0 spiro atoms. The second kappa shape index (κ2) is 31.9. The highest BCUT2D eigenvalue weighted by Gasteiger charge is 2.60. The molecule has 21 heterocycles. The normalized spacial score (nSPS) is 50.1. The zero-order valence-corrected chi connectivity index (χ0v) is 48.3. The average molecular weight is 1340 g/mol. The van der Waals surface area contributed by atoms with Crippen molar-refractivity contribution >= 4 is 35.5 Å². The summed E-state index contributed by atoms with van der Waals surface area (Å²) in [6.45, 7) is -5.43. The maximum absolute atomic E-state index is 11.7. The van der Waals surface area contributed by atoms with E-state index in [1.54, 1.807) is 0 Å². The van der Waals surface area contributed by atoms with Crippen LogP contribution in [-0.4, -0.2) is 402 Å². The molecule has 516 valence electrons. The molecule has 89 heavy (non-hydrogen) atoms. The lowest BCUT2D eigenvalue weighted by Crippen LogP contribution is -2.68. The molecule has 0 aromatic heterocycles. The Balaban J connectivity index is 1.11. The molecule has 0 radical (unpaired) electrons. The second-order valence-corrected chi connectivity index (χ2v) is 24.4. The number of carbonyl (C=O) groups is 2. The van der Waals surface area contributed by atoms with Crippen LogP contribution in [0.2, 0.25) is 0 Å². The van der Waals surface area contributed by atoms with Crippen molar-refractivity contribution in [2.24, 2.45) is 11.5 Å². The van der Waals surface area contributed by atoms with Gasteiger partial charge in [0, 0.05) is 23.0 Å². The van der Waals surface area contributed by atoms with E-state index >= 15 is 0 Å². The number of aliphatic carboxylic acids is 2. The quantitative estimate of drug-likeness (QED) is 0.0724. The van der Waals surface area contributed by atoms with Crippen LogP contribution in [0.1, 0.15) is 0 Å². The Kier molecular flexibility index (Phi) is 26.2. The molecule has 41 heteroatoms. The lowest BCUT2D eigenvalue weighted by atomic mass is 9.95. The zero-order valence-electron chi connectivity index (χ0n) is 46.6. The first kappa shape index (κ1) is 73.1. The number of aliphatic hydroxyl groups excluding tert-OH is 19. The molecular formula is C48H80N2O37S2. The number of ether oxygens (including phenoxy) is 14. The van der Waals surface area contributed by atoms with Crippen LogP contribution in [0.5, 0.6) is 0 Å². The Hall–Kier alpha value is -1.76. The average Bonchev–Trinajstić information content (AvgIpc) is 0.884. The highest BCUT2D eigenvalue weighted by Crippen LogP contribution is 2.40. The van der Waals surface area contributed by atoms with Gasteiger partial charge in [0.05, 0.1) is 45.2 Å². The zero-order chi connectivity index (χ0) is 65.2. The summed E-state index contributed by atoms with van der Waals surface area (Å²) in [7, 11) is 0. The molecule has 14 bridgehead atoms. The second-order valence-electron chi connectivity index (χ2n) is 22.3. The predicted molar refractivity (Wildman–Crippen MR) is 280 cm³/mol. The van der Waals surface area contributed by atoms with Gasteiger partial charge in [0.2, 0.25) is 0 Å². The van der Waals surface area contributed by atoms with Crippen LogP contribution in [0.3, 0.4) is 0 Å². The third kappa shape index (κ3) is 15.9. The standard InChI is InChI=1S/C48H80N2O37S2/c49-10(40(70)71)6-88-8-17-38-25(62)32(69)48(80-17)85-37-16(5-55)76-44(28(65)21(37)58)83-35-14(3-53)78-46(30(67)23(35)60)87-39-18(9-89-7-11(50)41(72)73)79-47(31(68)24(39)61)84-36-15(4-54)75-43(27(64)20(36)57)81-33-12(1-51)74-42(26(63)19(33)56)82-34-13(2-52)77-45(86-38)29(66)22(34)59/h10-39,42-48,51-69H,1-9,49-50H2,(H,70,71)(H,72,73)/t10-,11-,12?,13?,14?,15?,16?,17?,18?,19-,20-,21-,22-,23-,24-,25-,26?,27+,28?,29?,30+,31?,32?,33-,34-,35-,36-,37-,38-,39-,42-,43?,44+,45-,46?,47-,48+/m1/s1. The van der Waals surface area contributed by atoms with Gasteiger partial charge in [-0.3, -0.25) is 9.59 Å². The van der Waals surface area contributed by atoms with Gasteiger partial charge in [-0.25, -0.2) is 0 Å². The van der Waals surface area contributed by atoms with Gasteiger partial charge in [0.15, 0.2) is 44.0 Å². The van der Waals surface area contributed by atoms with Crippen molar-refractivity contribution in [2.45, 2.75) is 227 Å². The van der Waals surface area contributed by atoms with Gasteiger partial charge in [-0.1, -0.05) is 0 Å². The summed E-state index contributed by atoms with van der Waals surface area (Å²) in [5, 5.41) is 233. The molecule has 0 aromatic rings. The molecule has 14 unspecified atom stereocenters. The monoisotopic (exact) mass is 1340 g/mol. The highest BCUT2D eigenvalue weighted by atomic mass is 32.2. The van der Waals surface area contributed by atoms with Crippen molar-refractivity contribution in [1.29, 1.82) is 0 Å². The Morgan fingerprint density at radius 1 is 0.281 bits per heavy atom. The number of carboxylic acids is 2. The van der Waals surface area contributed by atoms with Crippen molar-refractivity contribution in [3.05, 3.63) is 0 Å². The minimum Gasteiger partial charge on any atom is -0.480 e. The number of hydrogen-bond acceptors (Lipinski definition) is 39. The van der Waals surface area contributed by atoms with Gasteiger partial charge in [-0.15, -0.1) is 0 Å². The van der Waals surface area contributed by atoms with Crippen LogP contribution >= 0.6 is 23.5 Å². The number of thioether (sulfide) groups is 2. The minimum atomic E-state index is -2.27. The Morgan fingerprint density at radius 2 is 0.438 bits per heavy atom. The molecule has 0 amide bonds. The van der Waals surface area contributed by atoms with Crippen molar-refractivity contribution < 1.29 is 183 Å². The van der Waals surface area contributed by atoms with Crippen molar-refractivity contribution in [2.75, 3.05) is 56.0 Å². The predicted octanol–water partition coefficient (Wildman–Crippen LogP) is -14.9. The largest absolute Gasteiger partial charge is 0.480 e. The van der Waals surface area contributed by atoms with Crippen LogP contribution < -0.4 is 11.5 Å². The molecule has 0 saturated carbocycles. The third-order valence-corrected chi connectivity index (χ3v) is 18.5. The molecule has 0 aromatic carbocycles. The van der Waals surface area contributed by atoms with Gasteiger partial charge in [-0.2, -0.15) is 23.5 Å². The maximum Gasteiger partial charge on any atom is 0.321 e. The first-order chi connectivity index (χ1) is 42.2. The molecule has 25 N–H and O–H groups in total. The number of nitrogens with two attached hydrogens (primary N) is 2. The molecule has 0 aliphatic carbocycles. The summed E-state index contributed by atoms with van der Waals surface area (Å²) < 4.78 is 81.6. The van der Waals surface area contributed by atoms with Crippen molar-refractivity contribution in [1.82, 2.24) is 0 Å². The van der Waals surface area contributed by atoms with E-state index in [0.717, 1.165) is 23.5 Å². The summed E-state index contributed by atoms with van der Waals surface area (Å²) in [4.78, 5) is 23.2. The van der Waals surface area contributed by atoms with Gasteiger partial charge >= 0.3 is 11.9 Å². The molecule has 21 rings (SSSR count). The molecule has 39 nitrogen and oxygen atoms in total. The fourth-order valence-electron chi connectivity index (χ4n) is 11.2.